The molecule has 0 aliphatic carbocycles. The fourth-order valence-electron chi connectivity index (χ4n) is 1.33. The van der Waals surface area contributed by atoms with Gasteiger partial charge in [0.25, 0.3) is 0 Å². The average Bonchev–Trinajstić information content (AvgIpc) is 2.19. The fraction of sp³-hybridized carbons (Fsp3) is 0.556. The first-order valence-corrected chi connectivity index (χ1v) is 6.73. The van der Waals surface area contributed by atoms with Crippen LogP contribution in [0.15, 0.2) is 10.8 Å². The van der Waals surface area contributed by atoms with Gasteiger partial charge in [-0.15, -0.1) is 0 Å². The molecule has 82 valence electrons. The minimum Gasteiger partial charge on any atom is -0.364 e. The van der Waals surface area contributed by atoms with Crippen LogP contribution in [-0.4, -0.2) is 26.5 Å². The van der Waals surface area contributed by atoms with Gasteiger partial charge in [0.2, 0.25) is 0 Å². The normalized spacial score (nSPS) is 23.3. The molecule has 0 aromatic carbocycles. The number of anilines is 1. The summed E-state index contributed by atoms with van der Waals surface area (Å²) in [5, 5.41) is 3.82. The van der Waals surface area contributed by atoms with Gasteiger partial charge in [-0.25, -0.2) is 9.97 Å². The molecule has 0 radical (unpaired) electrons. The summed E-state index contributed by atoms with van der Waals surface area (Å²) < 4.78 is 0.996. The van der Waals surface area contributed by atoms with Crippen LogP contribution in [0.25, 0.3) is 0 Å². The Morgan fingerprint density at radius 1 is 1.60 bits per heavy atom. The first-order valence-electron chi connectivity index (χ1n) is 4.57. The van der Waals surface area contributed by atoms with E-state index in [1.54, 1.807) is 0 Å². The zero-order valence-corrected chi connectivity index (χ0v) is 11.6. The van der Waals surface area contributed by atoms with Gasteiger partial charge in [-0.1, -0.05) is 11.6 Å². The molecule has 1 fully saturated rings. The molecular formula is C9H11BrClN3S. The molecule has 0 spiro atoms. The fourth-order valence-corrected chi connectivity index (χ4v) is 2.92. The van der Waals surface area contributed by atoms with Crippen molar-refractivity contribution in [2.75, 3.05) is 11.1 Å². The van der Waals surface area contributed by atoms with E-state index in [1.807, 2.05) is 11.8 Å². The van der Waals surface area contributed by atoms with Gasteiger partial charge in [-0.2, -0.15) is 11.8 Å². The van der Waals surface area contributed by atoms with Gasteiger partial charge in [0, 0.05) is 10.5 Å². The molecule has 1 atom stereocenters. The summed E-state index contributed by atoms with van der Waals surface area (Å²) >= 11 is 11.2. The van der Waals surface area contributed by atoms with Crippen LogP contribution in [0, 0.1) is 0 Å². The Morgan fingerprint density at radius 3 is 2.87 bits per heavy atom. The van der Waals surface area contributed by atoms with E-state index in [2.05, 4.69) is 45.1 Å². The molecule has 1 aromatic rings. The quantitative estimate of drug-likeness (QED) is 0.852. The van der Waals surface area contributed by atoms with Crippen molar-refractivity contribution >= 4 is 45.1 Å². The molecule has 1 aromatic heterocycles. The molecule has 6 heteroatoms. The highest BCUT2D eigenvalue weighted by atomic mass is 79.9. The van der Waals surface area contributed by atoms with Gasteiger partial charge in [0.1, 0.15) is 17.3 Å². The van der Waals surface area contributed by atoms with E-state index >= 15 is 0 Å². The van der Waals surface area contributed by atoms with Crippen LogP contribution in [0.4, 0.5) is 5.82 Å². The van der Waals surface area contributed by atoms with E-state index < -0.39 is 0 Å². The van der Waals surface area contributed by atoms with Crippen LogP contribution in [-0.2, 0) is 0 Å². The third-order valence-corrected chi connectivity index (χ3v) is 5.31. The number of nitrogens with zero attached hydrogens (tertiary/aromatic N) is 2. The minimum atomic E-state index is 0.261. The summed E-state index contributed by atoms with van der Waals surface area (Å²) in [6, 6.07) is 0.435. The highest BCUT2D eigenvalue weighted by Gasteiger charge is 2.39. The van der Waals surface area contributed by atoms with Gasteiger partial charge in [0.05, 0.1) is 10.5 Å². The first kappa shape index (κ1) is 11.5. The van der Waals surface area contributed by atoms with E-state index in [0.717, 1.165) is 16.0 Å². The molecule has 1 aliphatic heterocycles. The van der Waals surface area contributed by atoms with Gasteiger partial charge in [-0.3, -0.25) is 0 Å². The Balaban J connectivity index is 2.15. The zero-order valence-electron chi connectivity index (χ0n) is 8.42. The van der Waals surface area contributed by atoms with Crippen LogP contribution < -0.4 is 5.32 Å². The number of nitrogens with one attached hydrogen (secondary N) is 1. The summed E-state index contributed by atoms with van der Waals surface area (Å²) in [5.74, 6) is 1.87. The van der Waals surface area contributed by atoms with Crippen molar-refractivity contribution < 1.29 is 0 Å². The van der Waals surface area contributed by atoms with Crippen molar-refractivity contribution in [3.05, 3.63) is 16.0 Å². The van der Waals surface area contributed by atoms with E-state index in [0.29, 0.717) is 11.2 Å². The summed E-state index contributed by atoms with van der Waals surface area (Å²) in [6.07, 6.45) is 1.47. The lowest BCUT2D eigenvalue weighted by Crippen LogP contribution is -2.50. The van der Waals surface area contributed by atoms with Crippen molar-refractivity contribution in [3.8, 4) is 0 Å². The molecule has 0 saturated carbocycles. The molecule has 0 bridgehead atoms. The zero-order chi connectivity index (χ0) is 11.1. The van der Waals surface area contributed by atoms with Gasteiger partial charge in [0.15, 0.2) is 0 Å². The topological polar surface area (TPSA) is 37.8 Å². The number of aromatic nitrogens is 2. The molecule has 1 N–H and O–H groups in total. The second-order valence-corrected chi connectivity index (χ2v) is 6.76. The number of thioether (sulfide) groups is 1. The van der Waals surface area contributed by atoms with Crippen LogP contribution in [0.3, 0.4) is 0 Å². The predicted molar refractivity (Wildman–Crippen MR) is 68.7 cm³/mol. The maximum Gasteiger partial charge on any atom is 0.148 e. The van der Waals surface area contributed by atoms with Crippen molar-refractivity contribution in [2.45, 2.75) is 24.6 Å². The predicted octanol–water partition coefficient (Wildman–Crippen LogP) is 3.20. The number of halogens is 2. The second kappa shape index (κ2) is 4.11. The van der Waals surface area contributed by atoms with Crippen LogP contribution in [0.2, 0.25) is 5.15 Å². The minimum absolute atomic E-state index is 0.261. The Labute approximate surface area is 107 Å². The lowest BCUT2D eigenvalue weighted by Gasteiger charge is -2.44. The van der Waals surface area contributed by atoms with Gasteiger partial charge >= 0.3 is 0 Å². The van der Waals surface area contributed by atoms with E-state index in [4.69, 9.17) is 11.6 Å². The second-order valence-electron chi connectivity index (χ2n) is 3.94. The Morgan fingerprint density at radius 2 is 2.33 bits per heavy atom. The molecule has 2 rings (SSSR count). The summed E-state index contributed by atoms with van der Waals surface area (Å²) in [7, 11) is 0. The maximum atomic E-state index is 5.89. The number of hydrogen-bond acceptors (Lipinski definition) is 4. The largest absolute Gasteiger partial charge is 0.364 e. The molecule has 1 aliphatic rings. The molecule has 3 nitrogen and oxygen atoms in total. The van der Waals surface area contributed by atoms with Crippen molar-refractivity contribution in [1.29, 1.82) is 0 Å². The van der Waals surface area contributed by atoms with Crippen LogP contribution >= 0.6 is 39.3 Å². The lowest BCUT2D eigenvalue weighted by molar-refractivity contribution is 0.574. The van der Waals surface area contributed by atoms with E-state index in [-0.39, 0.29) is 4.75 Å². The Hall–Kier alpha value is -0.0000000000000000555. The molecular weight excluding hydrogens is 298 g/mol. The van der Waals surface area contributed by atoms with Crippen LogP contribution in [0.1, 0.15) is 13.8 Å². The highest BCUT2D eigenvalue weighted by Crippen LogP contribution is 2.42. The van der Waals surface area contributed by atoms with Gasteiger partial charge < -0.3 is 5.32 Å². The Bertz CT molecular complexity index is 386. The molecule has 1 saturated heterocycles. The SMILES string of the molecule is CC1(C)SCC1Nc1ncnc(Cl)c1Br. The van der Waals surface area contributed by atoms with Crippen LogP contribution in [0.5, 0.6) is 0 Å². The first-order chi connectivity index (χ1) is 7.00. The molecule has 0 amide bonds. The standard InChI is InChI=1S/C9H11BrClN3S/c1-9(2)5(3-15-9)14-8-6(10)7(11)12-4-13-8/h4-5H,3H2,1-2H3,(H,12,13,14). The molecule has 2 heterocycles. The van der Waals surface area contributed by atoms with Crippen molar-refractivity contribution in [2.24, 2.45) is 0 Å². The van der Waals surface area contributed by atoms with E-state index in [1.165, 1.54) is 6.33 Å². The van der Waals surface area contributed by atoms with Gasteiger partial charge in [-0.05, 0) is 29.8 Å². The summed E-state index contributed by atoms with van der Waals surface area (Å²) in [6.45, 7) is 4.44. The summed E-state index contributed by atoms with van der Waals surface area (Å²) in [4.78, 5) is 8.05. The molecule has 15 heavy (non-hydrogen) atoms. The summed E-state index contributed by atoms with van der Waals surface area (Å²) in [5.41, 5.74) is 0. The third kappa shape index (κ3) is 2.24. The monoisotopic (exact) mass is 307 g/mol. The Kier molecular flexibility index (Phi) is 3.14. The smallest absolute Gasteiger partial charge is 0.148 e. The average molecular weight is 309 g/mol. The van der Waals surface area contributed by atoms with Crippen molar-refractivity contribution in [3.63, 3.8) is 0 Å². The van der Waals surface area contributed by atoms with E-state index in [9.17, 15) is 0 Å². The van der Waals surface area contributed by atoms with Crippen molar-refractivity contribution in [1.82, 2.24) is 9.97 Å². The lowest BCUT2D eigenvalue weighted by atomic mass is 10.0. The maximum absolute atomic E-state index is 5.89. The number of rotatable bonds is 2. The molecule has 1 unspecified atom stereocenters. The number of hydrogen-bond donors (Lipinski definition) is 1. The highest BCUT2D eigenvalue weighted by molar-refractivity contribution is 9.10. The third-order valence-electron chi connectivity index (χ3n) is 2.52.